The molecule has 1 aliphatic rings. The van der Waals surface area contributed by atoms with E-state index in [4.69, 9.17) is 0 Å². The summed E-state index contributed by atoms with van der Waals surface area (Å²) in [6.45, 7) is 2.23. The number of hydrogen-bond donors (Lipinski definition) is 1. The monoisotopic (exact) mass is 246 g/mol. The first kappa shape index (κ1) is 12.1. The minimum absolute atomic E-state index is 0. The number of benzene rings is 1. The number of hydrogen-bond acceptors (Lipinski definition) is 2. The molecule has 1 aromatic heterocycles. The Morgan fingerprint density at radius 2 is 1.76 bits per heavy atom. The third kappa shape index (κ3) is 2.48. The van der Waals surface area contributed by atoms with E-state index in [9.17, 15) is 0 Å². The smallest absolute Gasteiger partial charge is 0.0346 e. The Morgan fingerprint density at radius 1 is 1.00 bits per heavy atom. The molecule has 3 rings (SSSR count). The van der Waals surface area contributed by atoms with E-state index in [1.54, 1.807) is 6.20 Å². The molecule has 0 amide bonds. The van der Waals surface area contributed by atoms with Gasteiger partial charge in [-0.3, -0.25) is 4.98 Å². The maximum absolute atomic E-state index is 4.14. The van der Waals surface area contributed by atoms with Crippen molar-refractivity contribution >= 4 is 12.4 Å². The second-order valence-corrected chi connectivity index (χ2v) is 4.22. The Kier molecular flexibility index (Phi) is 3.77. The fourth-order valence-corrected chi connectivity index (χ4v) is 2.01. The lowest BCUT2D eigenvalue weighted by Gasteiger charge is -2.27. The molecule has 17 heavy (non-hydrogen) atoms. The molecule has 1 fully saturated rings. The molecular formula is C14H15ClN2. The standard InChI is InChI=1S/C14H14N2.ClH/c1-2-13(8-15-7-1)11-3-5-12(6-4-11)14-9-16-10-14;/h1-8,14,16H,9-10H2;1H. The second-order valence-electron chi connectivity index (χ2n) is 4.22. The van der Waals surface area contributed by atoms with Gasteiger partial charge in [0.25, 0.3) is 0 Å². The highest BCUT2D eigenvalue weighted by Gasteiger charge is 2.18. The van der Waals surface area contributed by atoms with Crippen molar-refractivity contribution in [1.82, 2.24) is 10.3 Å². The highest BCUT2D eigenvalue weighted by Crippen LogP contribution is 2.24. The molecule has 0 atom stereocenters. The minimum atomic E-state index is 0. The normalized spacial score (nSPS) is 14.8. The molecule has 0 unspecified atom stereocenters. The Labute approximate surface area is 108 Å². The first-order chi connectivity index (χ1) is 7.93. The third-order valence-corrected chi connectivity index (χ3v) is 3.16. The van der Waals surface area contributed by atoms with E-state index in [0.717, 1.165) is 13.1 Å². The Hall–Kier alpha value is -1.38. The molecular weight excluding hydrogens is 232 g/mol. The van der Waals surface area contributed by atoms with Gasteiger partial charge in [-0.1, -0.05) is 30.3 Å². The summed E-state index contributed by atoms with van der Waals surface area (Å²) in [4.78, 5) is 4.14. The van der Waals surface area contributed by atoms with E-state index >= 15 is 0 Å². The fourth-order valence-electron chi connectivity index (χ4n) is 2.01. The van der Waals surface area contributed by atoms with Crippen molar-refractivity contribution in [1.29, 1.82) is 0 Å². The molecule has 0 spiro atoms. The zero-order chi connectivity index (χ0) is 10.8. The van der Waals surface area contributed by atoms with E-state index in [0.29, 0.717) is 5.92 Å². The molecule has 2 heterocycles. The predicted octanol–water partition coefficient (Wildman–Crippen LogP) is 2.86. The van der Waals surface area contributed by atoms with E-state index < -0.39 is 0 Å². The topological polar surface area (TPSA) is 24.9 Å². The lowest BCUT2D eigenvalue weighted by molar-refractivity contribution is 0.448. The van der Waals surface area contributed by atoms with E-state index in [-0.39, 0.29) is 12.4 Å². The molecule has 0 radical (unpaired) electrons. The van der Waals surface area contributed by atoms with Crippen molar-refractivity contribution < 1.29 is 0 Å². The SMILES string of the molecule is Cl.c1cncc(-c2ccc(C3CNC3)cc2)c1. The van der Waals surface area contributed by atoms with Crippen LogP contribution < -0.4 is 5.32 Å². The second kappa shape index (κ2) is 5.30. The maximum atomic E-state index is 4.14. The van der Waals surface area contributed by atoms with Gasteiger partial charge < -0.3 is 5.32 Å². The Morgan fingerprint density at radius 3 is 2.29 bits per heavy atom. The van der Waals surface area contributed by atoms with Gasteiger partial charge in [-0.2, -0.15) is 0 Å². The summed E-state index contributed by atoms with van der Waals surface area (Å²) < 4.78 is 0. The molecule has 1 N–H and O–H groups in total. The number of nitrogens with zero attached hydrogens (tertiary/aromatic N) is 1. The first-order valence-corrected chi connectivity index (χ1v) is 5.64. The van der Waals surface area contributed by atoms with Crippen molar-refractivity contribution in [3.8, 4) is 11.1 Å². The minimum Gasteiger partial charge on any atom is -0.315 e. The highest BCUT2D eigenvalue weighted by atomic mass is 35.5. The molecule has 2 nitrogen and oxygen atoms in total. The summed E-state index contributed by atoms with van der Waals surface area (Å²) in [5, 5.41) is 3.30. The highest BCUT2D eigenvalue weighted by molar-refractivity contribution is 5.85. The van der Waals surface area contributed by atoms with E-state index in [1.165, 1.54) is 16.7 Å². The summed E-state index contributed by atoms with van der Waals surface area (Å²) in [5.41, 5.74) is 3.86. The van der Waals surface area contributed by atoms with Gasteiger partial charge in [0.05, 0.1) is 0 Å². The Balaban J connectivity index is 0.00000108. The molecule has 1 saturated heterocycles. The van der Waals surface area contributed by atoms with Gasteiger partial charge in [-0.05, 0) is 22.8 Å². The van der Waals surface area contributed by atoms with Crippen LogP contribution in [-0.2, 0) is 0 Å². The summed E-state index contributed by atoms with van der Waals surface area (Å²) >= 11 is 0. The number of halogens is 1. The van der Waals surface area contributed by atoms with E-state index in [1.807, 2.05) is 12.3 Å². The van der Waals surface area contributed by atoms with Gasteiger partial charge in [0, 0.05) is 31.4 Å². The van der Waals surface area contributed by atoms with Crippen LogP contribution in [0.1, 0.15) is 11.5 Å². The van der Waals surface area contributed by atoms with Gasteiger partial charge in [0.15, 0.2) is 0 Å². The van der Waals surface area contributed by atoms with Crippen LogP contribution in [0.15, 0.2) is 48.8 Å². The first-order valence-electron chi connectivity index (χ1n) is 5.64. The van der Waals surface area contributed by atoms with Gasteiger partial charge >= 0.3 is 0 Å². The van der Waals surface area contributed by atoms with Crippen LogP contribution in [0.2, 0.25) is 0 Å². The fraction of sp³-hybridized carbons (Fsp3) is 0.214. The summed E-state index contributed by atoms with van der Waals surface area (Å²) in [5.74, 6) is 0.711. The molecule has 0 aliphatic carbocycles. The van der Waals surface area contributed by atoms with Crippen molar-refractivity contribution in [2.24, 2.45) is 0 Å². The van der Waals surface area contributed by atoms with Crippen molar-refractivity contribution in [2.45, 2.75) is 5.92 Å². The van der Waals surface area contributed by atoms with Gasteiger partial charge in [0.1, 0.15) is 0 Å². The summed E-state index contributed by atoms with van der Waals surface area (Å²) in [6, 6.07) is 12.9. The lowest BCUT2D eigenvalue weighted by atomic mass is 9.92. The molecule has 2 aromatic rings. The number of pyridine rings is 1. The van der Waals surface area contributed by atoms with Crippen LogP contribution in [0.5, 0.6) is 0 Å². The molecule has 3 heteroatoms. The zero-order valence-electron chi connectivity index (χ0n) is 9.47. The number of rotatable bonds is 2. The zero-order valence-corrected chi connectivity index (χ0v) is 10.3. The predicted molar refractivity (Wildman–Crippen MR) is 72.5 cm³/mol. The summed E-state index contributed by atoms with van der Waals surface area (Å²) in [6.07, 6.45) is 3.71. The Bertz CT molecular complexity index is 463. The van der Waals surface area contributed by atoms with Crippen molar-refractivity contribution in [2.75, 3.05) is 13.1 Å². The van der Waals surface area contributed by atoms with Crippen LogP contribution in [0.4, 0.5) is 0 Å². The average Bonchev–Trinajstić information content (AvgIpc) is 2.29. The molecule has 88 valence electrons. The van der Waals surface area contributed by atoms with Crippen LogP contribution in [0.3, 0.4) is 0 Å². The van der Waals surface area contributed by atoms with Gasteiger partial charge in [-0.15, -0.1) is 12.4 Å². The van der Waals surface area contributed by atoms with Gasteiger partial charge in [0.2, 0.25) is 0 Å². The number of aromatic nitrogens is 1. The van der Waals surface area contributed by atoms with Crippen molar-refractivity contribution in [3.63, 3.8) is 0 Å². The van der Waals surface area contributed by atoms with E-state index in [2.05, 4.69) is 40.6 Å². The lowest BCUT2D eigenvalue weighted by Crippen LogP contribution is -2.39. The number of nitrogens with one attached hydrogen (secondary N) is 1. The van der Waals surface area contributed by atoms with Crippen LogP contribution in [-0.4, -0.2) is 18.1 Å². The van der Waals surface area contributed by atoms with Gasteiger partial charge in [-0.25, -0.2) is 0 Å². The quantitative estimate of drug-likeness (QED) is 0.882. The molecule has 1 aliphatic heterocycles. The van der Waals surface area contributed by atoms with Crippen LogP contribution in [0.25, 0.3) is 11.1 Å². The molecule has 0 bridgehead atoms. The molecule has 1 aromatic carbocycles. The largest absolute Gasteiger partial charge is 0.315 e. The van der Waals surface area contributed by atoms with Crippen molar-refractivity contribution in [3.05, 3.63) is 54.4 Å². The van der Waals surface area contributed by atoms with Crippen LogP contribution in [0, 0.1) is 0 Å². The average molecular weight is 247 g/mol. The van der Waals surface area contributed by atoms with Crippen LogP contribution >= 0.6 is 12.4 Å². The maximum Gasteiger partial charge on any atom is 0.0346 e. The third-order valence-electron chi connectivity index (χ3n) is 3.16. The summed E-state index contributed by atoms with van der Waals surface area (Å²) in [7, 11) is 0. The molecule has 0 saturated carbocycles.